The fourth-order valence-electron chi connectivity index (χ4n) is 3.39. The lowest BCUT2D eigenvalue weighted by Gasteiger charge is -2.12. The van der Waals surface area contributed by atoms with Gasteiger partial charge in [0.2, 0.25) is 5.91 Å². The molecule has 32 heavy (non-hydrogen) atoms. The Hall–Kier alpha value is -3.38. The second-order valence-corrected chi connectivity index (χ2v) is 8.80. The van der Waals surface area contributed by atoms with Gasteiger partial charge in [-0.25, -0.2) is 4.98 Å². The van der Waals surface area contributed by atoms with E-state index in [1.807, 2.05) is 86.6 Å². The minimum atomic E-state index is -0.180. The zero-order chi connectivity index (χ0) is 22.5. The Morgan fingerprint density at radius 1 is 0.906 bits per heavy atom. The molecular formula is C26H25N3O2S. The molecule has 1 aromatic heterocycles. The summed E-state index contributed by atoms with van der Waals surface area (Å²) in [6.07, 6.45) is 0. The molecule has 0 atom stereocenters. The Bertz CT molecular complexity index is 1300. The molecule has 4 aromatic rings. The number of carbonyl (C=O) groups is 1. The molecule has 3 aromatic carbocycles. The lowest BCUT2D eigenvalue weighted by Crippen LogP contribution is -2.27. The van der Waals surface area contributed by atoms with Crippen molar-refractivity contribution in [2.75, 3.05) is 5.75 Å². The third-order valence-electron chi connectivity index (χ3n) is 5.23. The highest BCUT2D eigenvalue weighted by atomic mass is 32.2. The number of hydrogen-bond acceptors (Lipinski definition) is 4. The highest BCUT2D eigenvalue weighted by Crippen LogP contribution is 2.18. The van der Waals surface area contributed by atoms with Crippen molar-refractivity contribution in [2.24, 2.45) is 0 Å². The molecule has 0 spiro atoms. The van der Waals surface area contributed by atoms with Crippen LogP contribution >= 0.6 is 11.8 Å². The SMILES string of the molecule is Cc1ccc(CNC(=O)CSc2nc3ccccc3n(Cc3ccc(C)cc3)c2=O)cc1. The van der Waals surface area contributed by atoms with E-state index in [9.17, 15) is 9.59 Å². The molecular weight excluding hydrogens is 418 g/mol. The van der Waals surface area contributed by atoms with E-state index < -0.39 is 0 Å². The van der Waals surface area contributed by atoms with Gasteiger partial charge < -0.3 is 5.32 Å². The summed E-state index contributed by atoms with van der Waals surface area (Å²) in [6.45, 7) is 4.98. The maximum Gasteiger partial charge on any atom is 0.283 e. The van der Waals surface area contributed by atoms with Crippen LogP contribution in [0.4, 0.5) is 0 Å². The Labute approximate surface area is 191 Å². The van der Waals surface area contributed by atoms with Crippen LogP contribution in [0.2, 0.25) is 0 Å². The minimum absolute atomic E-state index is 0.130. The van der Waals surface area contributed by atoms with Crippen molar-refractivity contribution >= 4 is 28.7 Å². The highest BCUT2D eigenvalue weighted by Gasteiger charge is 2.13. The first-order valence-corrected chi connectivity index (χ1v) is 11.5. The van der Waals surface area contributed by atoms with Crippen LogP contribution in [-0.4, -0.2) is 21.2 Å². The van der Waals surface area contributed by atoms with E-state index in [2.05, 4.69) is 10.3 Å². The van der Waals surface area contributed by atoms with Crippen molar-refractivity contribution in [3.05, 3.63) is 105 Å². The van der Waals surface area contributed by atoms with Gasteiger partial charge in [0.25, 0.3) is 5.56 Å². The molecule has 0 saturated carbocycles. The third-order valence-corrected chi connectivity index (χ3v) is 6.18. The predicted octanol–water partition coefficient (Wildman–Crippen LogP) is 4.47. The van der Waals surface area contributed by atoms with Gasteiger partial charge in [-0.15, -0.1) is 0 Å². The topological polar surface area (TPSA) is 64.0 Å². The van der Waals surface area contributed by atoms with Crippen molar-refractivity contribution in [3.63, 3.8) is 0 Å². The molecule has 0 aliphatic heterocycles. The van der Waals surface area contributed by atoms with E-state index >= 15 is 0 Å². The van der Waals surface area contributed by atoms with Crippen LogP contribution in [0.5, 0.6) is 0 Å². The van der Waals surface area contributed by atoms with Crippen molar-refractivity contribution < 1.29 is 4.79 Å². The standard InChI is InChI=1S/C26H25N3O2S/c1-18-7-11-20(12-8-18)15-27-24(30)17-32-25-26(31)29(16-21-13-9-19(2)10-14-21)23-6-4-3-5-22(23)28-25/h3-14H,15-17H2,1-2H3,(H,27,30). The minimum Gasteiger partial charge on any atom is -0.351 e. The van der Waals surface area contributed by atoms with Crippen LogP contribution < -0.4 is 10.9 Å². The molecule has 6 heteroatoms. The van der Waals surface area contributed by atoms with Gasteiger partial charge in [-0.3, -0.25) is 14.2 Å². The number of benzene rings is 3. The normalized spacial score (nSPS) is 10.9. The zero-order valence-electron chi connectivity index (χ0n) is 18.2. The van der Waals surface area contributed by atoms with Gasteiger partial charge in [0.05, 0.1) is 23.3 Å². The first-order chi connectivity index (χ1) is 15.5. The summed E-state index contributed by atoms with van der Waals surface area (Å²) in [7, 11) is 0. The van der Waals surface area contributed by atoms with Crippen LogP contribution in [0.1, 0.15) is 22.3 Å². The quantitative estimate of drug-likeness (QED) is 0.428. The summed E-state index contributed by atoms with van der Waals surface area (Å²) < 4.78 is 1.74. The summed E-state index contributed by atoms with van der Waals surface area (Å²) in [4.78, 5) is 30.1. The molecule has 0 bridgehead atoms. The molecule has 162 valence electrons. The smallest absolute Gasteiger partial charge is 0.283 e. The van der Waals surface area contributed by atoms with Gasteiger partial charge in [-0.1, -0.05) is 83.6 Å². The number of rotatable bonds is 7. The van der Waals surface area contributed by atoms with Crippen molar-refractivity contribution in [1.82, 2.24) is 14.9 Å². The number of para-hydroxylation sites is 2. The molecule has 5 nitrogen and oxygen atoms in total. The Morgan fingerprint density at radius 2 is 1.53 bits per heavy atom. The van der Waals surface area contributed by atoms with Crippen molar-refractivity contribution in [1.29, 1.82) is 0 Å². The molecule has 4 rings (SSSR count). The summed E-state index contributed by atoms with van der Waals surface area (Å²) in [6, 6.07) is 23.8. The first kappa shape index (κ1) is 21.8. The van der Waals surface area contributed by atoms with Gasteiger partial charge in [0, 0.05) is 6.54 Å². The summed E-state index contributed by atoms with van der Waals surface area (Å²) in [5.74, 6) is 0.00627. The number of aromatic nitrogens is 2. The number of aryl methyl sites for hydroxylation is 2. The molecule has 0 aliphatic rings. The molecule has 1 heterocycles. The largest absolute Gasteiger partial charge is 0.351 e. The highest BCUT2D eigenvalue weighted by molar-refractivity contribution is 7.99. The number of amides is 1. The van der Waals surface area contributed by atoms with E-state index in [0.29, 0.717) is 18.1 Å². The Kier molecular flexibility index (Phi) is 6.71. The fourth-order valence-corrected chi connectivity index (χ4v) is 4.15. The molecule has 0 unspecified atom stereocenters. The van der Waals surface area contributed by atoms with E-state index in [1.165, 1.54) is 22.9 Å². The second kappa shape index (κ2) is 9.83. The average molecular weight is 444 g/mol. The van der Waals surface area contributed by atoms with Gasteiger partial charge in [-0.2, -0.15) is 0 Å². The van der Waals surface area contributed by atoms with Crippen LogP contribution in [0.25, 0.3) is 11.0 Å². The number of thioether (sulfide) groups is 1. The molecule has 0 aliphatic carbocycles. The Morgan fingerprint density at radius 3 is 2.22 bits per heavy atom. The Balaban J connectivity index is 1.51. The lowest BCUT2D eigenvalue weighted by atomic mass is 10.1. The molecule has 0 radical (unpaired) electrons. The van der Waals surface area contributed by atoms with Gasteiger partial charge >= 0.3 is 0 Å². The lowest BCUT2D eigenvalue weighted by molar-refractivity contribution is -0.118. The maximum absolute atomic E-state index is 13.2. The number of carbonyl (C=O) groups excluding carboxylic acids is 1. The number of nitrogens with zero attached hydrogens (tertiary/aromatic N) is 2. The van der Waals surface area contributed by atoms with Gasteiger partial charge in [-0.05, 0) is 37.1 Å². The number of nitrogens with one attached hydrogen (secondary N) is 1. The summed E-state index contributed by atoms with van der Waals surface area (Å²) in [5.41, 5.74) is 5.78. The van der Waals surface area contributed by atoms with E-state index in [0.717, 1.165) is 22.2 Å². The van der Waals surface area contributed by atoms with Crippen molar-refractivity contribution in [3.8, 4) is 0 Å². The van der Waals surface area contributed by atoms with E-state index in [-0.39, 0.29) is 17.2 Å². The van der Waals surface area contributed by atoms with Crippen LogP contribution in [-0.2, 0) is 17.9 Å². The van der Waals surface area contributed by atoms with E-state index in [4.69, 9.17) is 0 Å². The van der Waals surface area contributed by atoms with Crippen LogP contribution in [0.3, 0.4) is 0 Å². The van der Waals surface area contributed by atoms with E-state index in [1.54, 1.807) is 4.57 Å². The second-order valence-electron chi connectivity index (χ2n) is 7.83. The summed E-state index contributed by atoms with van der Waals surface area (Å²) in [5, 5.41) is 3.24. The monoisotopic (exact) mass is 443 g/mol. The average Bonchev–Trinajstić information content (AvgIpc) is 2.80. The van der Waals surface area contributed by atoms with Crippen LogP contribution in [0, 0.1) is 13.8 Å². The summed E-state index contributed by atoms with van der Waals surface area (Å²) >= 11 is 1.18. The molecule has 1 amide bonds. The number of hydrogen-bond donors (Lipinski definition) is 1. The van der Waals surface area contributed by atoms with Gasteiger partial charge in [0.1, 0.15) is 0 Å². The maximum atomic E-state index is 13.2. The molecule has 0 saturated heterocycles. The molecule has 1 N–H and O–H groups in total. The van der Waals surface area contributed by atoms with Gasteiger partial charge in [0.15, 0.2) is 5.03 Å². The number of fused-ring (bicyclic) bond motifs is 1. The van der Waals surface area contributed by atoms with Crippen LogP contribution in [0.15, 0.2) is 82.6 Å². The fraction of sp³-hybridized carbons (Fsp3) is 0.192. The molecule has 0 fully saturated rings. The predicted molar refractivity (Wildman–Crippen MR) is 130 cm³/mol. The third kappa shape index (κ3) is 5.26. The zero-order valence-corrected chi connectivity index (χ0v) is 19.0. The van der Waals surface area contributed by atoms with Crippen molar-refractivity contribution in [2.45, 2.75) is 32.0 Å². The first-order valence-electron chi connectivity index (χ1n) is 10.5.